The van der Waals surface area contributed by atoms with Crippen molar-refractivity contribution in [2.45, 2.75) is 32.2 Å². The summed E-state index contributed by atoms with van der Waals surface area (Å²) in [6.07, 6.45) is 3.56. The lowest BCUT2D eigenvalue weighted by Gasteiger charge is -2.33. The number of halogens is 1. The lowest BCUT2D eigenvalue weighted by Crippen LogP contribution is -2.41. The Hall–Kier alpha value is -0.930. The van der Waals surface area contributed by atoms with Crippen molar-refractivity contribution in [3.63, 3.8) is 0 Å². The highest BCUT2D eigenvalue weighted by atomic mass is 19.1. The predicted octanol–water partition coefficient (Wildman–Crippen LogP) is 2.69. The van der Waals surface area contributed by atoms with Crippen LogP contribution in [0.2, 0.25) is 0 Å². The number of hydrogen-bond donors (Lipinski definition) is 1. The molecule has 19 heavy (non-hydrogen) atoms. The minimum atomic E-state index is -0.156. The van der Waals surface area contributed by atoms with Gasteiger partial charge in [0.2, 0.25) is 0 Å². The maximum atomic E-state index is 12.8. The predicted molar refractivity (Wildman–Crippen MR) is 77.8 cm³/mol. The van der Waals surface area contributed by atoms with E-state index in [-0.39, 0.29) is 5.82 Å². The Morgan fingerprint density at radius 2 is 1.89 bits per heavy atom. The first-order chi connectivity index (χ1) is 9.15. The zero-order valence-corrected chi connectivity index (χ0v) is 12.0. The fourth-order valence-corrected chi connectivity index (χ4v) is 2.79. The number of likely N-dealkylation sites (tertiary alicyclic amines) is 1. The van der Waals surface area contributed by atoms with Gasteiger partial charge in [0.15, 0.2) is 0 Å². The second kappa shape index (κ2) is 7.01. The Morgan fingerprint density at radius 1 is 1.26 bits per heavy atom. The molecule has 3 heteroatoms. The van der Waals surface area contributed by atoms with Gasteiger partial charge in [-0.3, -0.25) is 0 Å². The summed E-state index contributed by atoms with van der Waals surface area (Å²) < 4.78 is 12.8. The van der Waals surface area contributed by atoms with E-state index in [1.54, 1.807) is 0 Å². The topological polar surface area (TPSA) is 15.3 Å². The first kappa shape index (κ1) is 14.5. The van der Waals surface area contributed by atoms with E-state index in [0.717, 1.165) is 18.9 Å². The average Bonchev–Trinajstić information content (AvgIpc) is 2.41. The van der Waals surface area contributed by atoms with Crippen molar-refractivity contribution in [3.05, 3.63) is 35.6 Å². The molecule has 1 unspecified atom stereocenters. The van der Waals surface area contributed by atoms with Crippen LogP contribution in [0.3, 0.4) is 0 Å². The summed E-state index contributed by atoms with van der Waals surface area (Å²) >= 11 is 0. The molecule has 1 heterocycles. The van der Waals surface area contributed by atoms with Crippen LogP contribution in [0.5, 0.6) is 0 Å². The molecular formula is C16H25FN2. The van der Waals surface area contributed by atoms with Gasteiger partial charge < -0.3 is 10.2 Å². The second-order valence-electron chi connectivity index (χ2n) is 5.76. The van der Waals surface area contributed by atoms with Gasteiger partial charge in [-0.05, 0) is 76.5 Å². The monoisotopic (exact) mass is 264 g/mol. The van der Waals surface area contributed by atoms with Crippen molar-refractivity contribution >= 4 is 0 Å². The minimum Gasteiger partial charge on any atom is -0.314 e. The number of piperidine rings is 1. The first-order valence-electron chi connectivity index (χ1n) is 7.31. The molecule has 106 valence electrons. The third-order valence-corrected chi connectivity index (χ3v) is 4.26. The van der Waals surface area contributed by atoms with E-state index in [1.807, 2.05) is 12.1 Å². The van der Waals surface area contributed by atoms with Crippen molar-refractivity contribution in [2.75, 3.05) is 26.7 Å². The summed E-state index contributed by atoms with van der Waals surface area (Å²) in [7, 11) is 2.20. The van der Waals surface area contributed by atoms with Crippen LogP contribution in [-0.4, -0.2) is 37.6 Å². The summed E-state index contributed by atoms with van der Waals surface area (Å²) in [6, 6.07) is 7.40. The number of nitrogens with one attached hydrogen (secondary N) is 1. The molecule has 1 saturated heterocycles. The molecule has 0 bridgehead atoms. The van der Waals surface area contributed by atoms with E-state index in [2.05, 4.69) is 24.2 Å². The molecule has 0 amide bonds. The van der Waals surface area contributed by atoms with Crippen molar-refractivity contribution in [1.29, 1.82) is 0 Å². The SMILES string of the molecule is CC(NCCc1ccc(F)cc1)C1CCN(C)CC1. The Bertz CT molecular complexity index is 369. The standard InChI is InChI=1S/C16H25FN2/c1-13(15-8-11-19(2)12-9-15)18-10-7-14-3-5-16(17)6-4-14/h3-6,13,15,18H,7-12H2,1-2H3. The van der Waals surface area contributed by atoms with Gasteiger partial charge in [-0.25, -0.2) is 4.39 Å². The molecule has 2 nitrogen and oxygen atoms in total. The second-order valence-corrected chi connectivity index (χ2v) is 5.76. The molecule has 1 fully saturated rings. The van der Waals surface area contributed by atoms with Gasteiger partial charge in [0, 0.05) is 6.04 Å². The Morgan fingerprint density at radius 3 is 2.53 bits per heavy atom. The van der Waals surface area contributed by atoms with E-state index in [4.69, 9.17) is 0 Å². The van der Waals surface area contributed by atoms with Gasteiger partial charge in [-0.15, -0.1) is 0 Å². The largest absolute Gasteiger partial charge is 0.314 e. The summed E-state index contributed by atoms with van der Waals surface area (Å²) in [5.74, 6) is 0.640. The fourth-order valence-electron chi connectivity index (χ4n) is 2.79. The average molecular weight is 264 g/mol. The van der Waals surface area contributed by atoms with Crippen LogP contribution >= 0.6 is 0 Å². The van der Waals surface area contributed by atoms with Crippen LogP contribution < -0.4 is 5.32 Å². The lowest BCUT2D eigenvalue weighted by molar-refractivity contribution is 0.190. The molecule has 1 N–H and O–H groups in total. The van der Waals surface area contributed by atoms with Crippen molar-refractivity contribution in [1.82, 2.24) is 10.2 Å². The van der Waals surface area contributed by atoms with Crippen molar-refractivity contribution < 1.29 is 4.39 Å². The molecule has 1 aliphatic rings. The third kappa shape index (κ3) is 4.59. The van der Waals surface area contributed by atoms with Crippen LogP contribution in [-0.2, 0) is 6.42 Å². The van der Waals surface area contributed by atoms with Crippen LogP contribution in [0.15, 0.2) is 24.3 Å². The molecule has 0 spiro atoms. The summed E-state index contributed by atoms with van der Waals surface area (Å²) in [5, 5.41) is 3.62. The maximum absolute atomic E-state index is 12.8. The van der Waals surface area contributed by atoms with E-state index < -0.39 is 0 Å². The summed E-state index contributed by atoms with van der Waals surface area (Å²) in [6.45, 7) is 5.70. The zero-order chi connectivity index (χ0) is 13.7. The van der Waals surface area contributed by atoms with Crippen LogP contribution in [0.1, 0.15) is 25.3 Å². The molecular weight excluding hydrogens is 239 g/mol. The van der Waals surface area contributed by atoms with Gasteiger partial charge in [-0.2, -0.15) is 0 Å². The van der Waals surface area contributed by atoms with Gasteiger partial charge >= 0.3 is 0 Å². The van der Waals surface area contributed by atoms with Gasteiger partial charge in [0.1, 0.15) is 5.82 Å². The lowest BCUT2D eigenvalue weighted by atomic mass is 9.90. The normalized spacial score (nSPS) is 19.5. The first-order valence-corrected chi connectivity index (χ1v) is 7.31. The molecule has 0 saturated carbocycles. The molecule has 0 radical (unpaired) electrons. The molecule has 0 aliphatic carbocycles. The number of nitrogens with zero attached hydrogens (tertiary/aromatic N) is 1. The van der Waals surface area contributed by atoms with Crippen LogP contribution in [0.25, 0.3) is 0 Å². The molecule has 2 rings (SSSR count). The van der Waals surface area contributed by atoms with E-state index in [1.165, 1.54) is 43.6 Å². The summed E-state index contributed by atoms with van der Waals surface area (Å²) in [5.41, 5.74) is 1.20. The van der Waals surface area contributed by atoms with Crippen molar-refractivity contribution in [3.8, 4) is 0 Å². The van der Waals surface area contributed by atoms with E-state index in [0.29, 0.717) is 6.04 Å². The smallest absolute Gasteiger partial charge is 0.123 e. The Balaban J connectivity index is 1.69. The minimum absolute atomic E-state index is 0.156. The highest BCUT2D eigenvalue weighted by molar-refractivity contribution is 5.16. The number of benzene rings is 1. The maximum Gasteiger partial charge on any atom is 0.123 e. The Kier molecular flexibility index (Phi) is 5.34. The van der Waals surface area contributed by atoms with Gasteiger partial charge in [0.05, 0.1) is 0 Å². The molecule has 1 atom stereocenters. The Labute approximate surface area is 116 Å². The summed E-state index contributed by atoms with van der Waals surface area (Å²) in [4.78, 5) is 2.40. The van der Waals surface area contributed by atoms with Crippen molar-refractivity contribution in [2.24, 2.45) is 5.92 Å². The molecule has 1 aliphatic heterocycles. The highest BCUT2D eigenvalue weighted by Gasteiger charge is 2.21. The molecule has 0 aromatic heterocycles. The van der Waals surface area contributed by atoms with Crippen LogP contribution in [0.4, 0.5) is 4.39 Å². The quantitative estimate of drug-likeness (QED) is 0.879. The fraction of sp³-hybridized carbons (Fsp3) is 0.625. The van der Waals surface area contributed by atoms with E-state index in [9.17, 15) is 4.39 Å². The van der Waals surface area contributed by atoms with Gasteiger partial charge in [0.25, 0.3) is 0 Å². The molecule has 1 aromatic carbocycles. The van der Waals surface area contributed by atoms with Gasteiger partial charge in [-0.1, -0.05) is 12.1 Å². The van der Waals surface area contributed by atoms with Crippen LogP contribution in [0, 0.1) is 11.7 Å². The number of hydrogen-bond acceptors (Lipinski definition) is 2. The zero-order valence-electron chi connectivity index (χ0n) is 12.0. The highest BCUT2D eigenvalue weighted by Crippen LogP contribution is 2.19. The third-order valence-electron chi connectivity index (χ3n) is 4.26. The molecule has 1 aromatic rings. The number of rotatable bonds is 5. The van der Waals surface area contributed by atoms with E-state index >= 15 is 0 Å².